The summed E-state index contributed by atoms with van der Waals surface area (Å²) < 4.78 is 15.8. The number of hydrogen-bond donors (Lipinski definition) is 1. The third-order valence-corrected chi connectivity index (χ3v) is 4.89. The van der Waals surface area contributed by atoms with E-state index < -0.39 is 6.04 Å². The van der Waals surface area contributed by atoms with Gasteiger partial charge in [-0.05, 0) is 25.1 Å². The molecule has 23 heavy (non-hydrogen) atoms. The van der Waals surface area contributed by atoms with Crippen LogP contribution in [0.15, 0.2) is 53.3 Å². The maximum atomic E-state index is 13.6. The van der Waals surface area contributed by atoms with E-state index in [1.54, 1.807) is 37.3 Å². The van der Waals surface area contributed by atoms with Crippen LogP contribution in [0.1, 0.15) is 18.5 Å². The Morgan fingerprint density at radius 2 is 1.91 bits per heavy atom. The smallest absolute Gasteiger partial charge is 0.269 e. The molecule has 1 unspecified atom stereocenters. The summed E-state index contributed by atoms with van der Waals surface area (Å²) in [4.78, 5) is 24.6. The Kier molecular flexibility index (Phi) is 4.25. The highest BCUT2D eigenvalue weighted by molar-refractivity contribution is 7.14. The van der Waals surface area contributed by atoms with E-state index >= 15 is 0 Å². The second-order valence-electron chi connectivity index (χ2n) is 5.20. The highest BCUT2D eigenvalue weighted by Gasteiger charge is 2.19. The van der Waals surface area contributed by atoms with Gasteiger partial charge in [-0.25, -0.2) is 4.39 Å². The van der Waals surface area contributed by atoms with E-state index in [0.29, 0.717) is 10.9 Å². The molecule has 4 nitrogen and oxygen atoms in total. The number of carbonyl (C=O) groups is 1. The molecule has 1 atom stereocenters. The van der Waals surface area contributed by atoms with Crippen LogP contribution in [0.5, 0.6) is 0 Å². The van der Waals surface area contributed by atoms with Gasteiger partial charge >= 0.3 is 0 Å². The van der Waals surface area contributed by atoms with Crippen LogP contribution in [0.4, 0.5) is 4.39 Å². The Hall–Kier alpha value is -2.47. The van der Waals surface area contributed by atoms with Gasteiger partial charge < -0.3 is 5.32 Å². The number of aromatic nitrogens is 1. The molecule has 0 aliphatic carbocycles. The molecule has 1 aromatic heterocycles. The first-order valence-corrected chi connectivity index (χ1v) is 7.97. The van der Waals surface area contributed by atoms with E-state index in [4.69, 9.17) is 0 Å². The Balaban J connectivity index is 1.78. The number of nitrogens with zero attached hydrogens (tertiary/aromatic N) is 1. The summed E-state index contributed by atoms with van der Waals surface area (Å²) in [5, 5.41) is 3.28. The van der Waals surface area contributed by atoms with Crippen molar-refractivity contribution >= 4 is 27.5 Å². The van der Waals surface area contributed by atoms with E-state index in [0.717, 1.165) is 4.70 Å². The van der Waals surface area contributed by atoms with Crippen molar-refractivity contribution < 1.29 is 9.18 Å². The summed E-state index contributed by atoms with van der Waals surface area (Å²) in [6.07, 6.45) is 0. The summed E-state index contributed by atoms with van der Waals surface area (Å²) in [5.74, 6) is -0.679. The van der Waals surface area contributed by atoms with Crippen molar-refractivity contribution in [3.8, 4) is 0 Å². The fourth-order valence-corrected chi connectivity index (χ4v) is 3.36. The fourth-order valence-electron chi connectivity index (χ4n) is 2.32. The zero-order valence-electron chi connectivity index (χ0n) is 12.5. The fraction of sp³-hybridized carbons (Fsp3) is 0.176. The normalized spacial score (nSPS) is 12.3. The lowest BCUT2D eigenvalue weighted by atomic mass is 10.2. The lowest BCUT2D eigenvalue weighted by Gasteiger charge is -2.12. The third kappa shape index (κ3) is 3.03. The summed E-state index contributed by atoms with van der Waals surface area (Å²) in [6.45, 7) is 1.75. The van der Waals surface area contributed by atoms with Gasteiger partial charge in [-0.2, -0.15) is 0 Å². The van der Waals surface area contributed by atoms with Crippen LogP contribution in [0.3, 0.4) is 0 Å². The second-order valence-corrected chi connectivity index (χ2v) is 6.22. The van der Waals surface area contributed by atoms with Gasteiger partial charge in [-0.15, -0.1) is 0 Å². The standard InChI is InChI=1S/C17H15FN2O2S/c1-11(16(21)19-10-12-6-2-4-8-14(12)18)20-17(22)13-7-3-5-9-15(13)23-20/h2-9,11H,10H2,1H3,(H,19,21). The lowest BCUT2D eigenvalue weighted by molar-refractivity contribution is -0.123. The van der Waals surface area contributed by atoms with E-state index in [-0.39, 0.29) is 23.8 Å². The number of hydrogen-bond acceptors (Lipinski definition) is 3. The van der Waals surface area contributed by atoms with Crippen molar-refractivity contribution in [3.63, 3.8) is 0 Å². The quantitative estimate of drug-likeness (QED) is 0.799. The van der Waals surface area contributed by atoms with Crippen LogP contribution < -0.4 is 10.9 Å². The van der Waals surface area contributed by atoms with Crippen molar-refractivity contribution in [2.75, 3.05) is 0 Å². The van der Waals surface area contributed by atoms with Gasteiger partial charge in [0.25, 0.3) is 5.56 Å². The number of benzene rings is 2. The van der Waals surface area contributed by atoms with Crippen LogP contribution in [0.2, 0.25) is 0 Å². The zero-order chi connectivity index (χ0) is 16.4. The van der Waals surface area contributed by atoms with E-state index in [9.17, 15) is 14.0 Å². The number of halogens is 1. The molecule has 0 radical (unpaired) electrons. The molecular weight excluding hydrogens is 315 g/mol. The number of rotatable bonds is 4. The summed E-state index contributed by atoms with van der Waals surface area (Å²) in [5.41, 5.74) is 0.232. The molecule has 3 aromatic rings. The topological polar surface area (TPSA) is 51.1 Å². The van der Waals surface area contributed by atoms with Crippen LogP contribution in [-0.2, 0) is 11.3 Å². The Morgan fingerprint density at radius 3 is 2.65 bits per heavy atom. The first-order valence-electron chi connectivity index (χ1n) is 7.19. The molecule has 0 fully saturated rings. The van der Waals surface area contributed by atoms with Gasteiger partial charge in [0.15, 0.2) is 0 Å². The monoisotopic (exact) mass is 330 g/mol. The lowest BCUT2D eigenvalue weighted by Crippen LogP contribution is -2.33. The Morgan fingerprint density at radius 1 is 1.22 bits per heavy atom. The van der Waals surface area contributed by atoms with Crippen molar-refractivity contribution in [2.45, 2.75) is 19.5 Å². The number of fused-ring (bicyclic) bond motifs is 1. The SMILES string of the molecule is CC(C(=O)NCc1ccccc1F)n1sc2ccccc2c1=O. The summed E-state index contributed by atoms with van der Waals surface area (Å²) >= 11 is 1.25. The van der Waals surface area contributed by atoms with Crippen molar-refractivity contribution in [3.05, 3.63) is 70.3 Å². The van der Waals surface area contributed by atoms with Gasteiger partial charge in [0.2, 0.25) is 5.91 Å². The Labute approximate surface area is 136 Å². The molecule has 0 saturated carbocycles. The minimum absolute atomic E-state index is 0.0928. The van der Waals surface area contributed by atoms with Gasteiger partial charge in [-0.3, -0.25) is 13.5 Å². The van der Waals surface area contributed by atoms with Gasteiger partial charge in [0.05, 0.1) is 10.1 Å². The maximum absolute atomic E-state index is 13.6. The predicted molar refractivity (Wildman–Crippen MR) is 89.0 cm³/mol. The molecule has 2 aromatic carbocycles. The molecule has 1 N–H and O–H groups in total. The van der Waals surface area contributed by atoms with Gasteiger partial charge in [0, 0.05) is 12.1 Å². The first kappa shape index (κ1) is 15.4. The average Bonchev–Trinajstić information content (AvgIpc) is 2.90. The van der Waals surface area contributed by atoms with E-state index in [2.05, 4.69) is 5.32 Å². The molecular formula is C17H15FN2O2S. The Bertz CT molecular complexity index is 916. The van der Waals surface area contributed by atoms with Gasteiger partial charge in [-0.1, -0.05) is 41.9 Å². The first-order chi connectivity index (χ1) is 11.1. The largest absolute Gasteiger partial charge is 0.350 e. The molecule has 3 rings (SSSR count). The predicted octanol–water partition coefficient (Wildman–Crippen LogP) is 3.08. The molecule has 6 heteroatoms. The molecule has 1 amide bonds. The van der Waals surface area contributed by atoms with Crippen LogP contribution in [0, 0.1) is 5.82 Å². The summed E-state index contributed by atoms with van der Waals surface area (Å²) in [6, 6.07) is 12.9. The highest BCUT2D eigenvalue weighted by Crippen LogP contribution is 2.19. The van der Waals surface area contributed by atoms with Crippen molar-refractivity contribution in [2.24, 2.45) is 0 Å². The molecule has 0 aliphatic rings. The number of nitrogens with one attached hydrogen (secondary N) is 1. The minimum atomic E-state index is -0.647. The average molecular weight is 330 g/mol. The molecule has 0 bridgehead atoms. The van der Waals surface area contributed by atoms with Crippen LogP contribution in [-0.4, -0.2) is 9.86 Å². The molecule has 1 heterocycles. The van der Waals surface area contributed by atoms with Crippen molar-refractivity contribution in [1.29, 1.82) is 0 Å². The number of amides is 1. The van der Waals surface area contributed by atoms with Crippen LogP contribution >= 0.6 is 11.5 Å². The zero-order valence-corrected chi connectivity index (χ0v) is 13.3. The maximum Gasteiger partial charge on any atom is 0.269 e. The number of carbonyl (C=O) groups excluding carboxylic acids is 1. The second kappa shape index (κ2) is 6.34. The molecule has 0 saturated heterocycles. The molecule has 0 aliphatic heterocycles. The van der Waals surface area contributed by atoms with Crippen LogP contribution in [0.25, 0.3) is 10.1 Å². The van der Waals surface area contributed by atoms with E-state index in [1.807, 2.05) is 12.1 Å². The van der Waals surface area contributed by atoms with E-state index in [1.165, 1.54) is 21.6 Å². The summed E-state index contributed by atoms with van der Waals surface area (Å²) in [7, 11) is 0. The van der Waals surface area contributed by atoms with Crippen molar-refractivity contribution in [1.82, 2.24) is 9.27 Å². The molecule has 0 spiro atoms. The third-order valence-electron chi connectivity index (χ3n) is 3.66. The minimum Gasteiger partial charge on any atom is -0.350 e. The van der Waals surface area contributed by atoms with Gasteiger partial charge in [0.1, 0.15) is 11.9 Å². The molecule has 118 valence electrons. The highest BCUT2D eigenvalue weighted by atomic mass is 32.1.